The number of nitrogens with zero attached hydrogens (tertiary/aromatic N) is 3. The smallest absolute Gasteiger partial charge is 0.338 e. The molecule has 3 aromatic rings. The van der Waals surface area contributed by atoms with Gasteiger partial charge in [0, 0.05) is 13.6 Å². The predicted octanol–water partition coefficient (Wildman–Crippen LogP) is 2.77. The van der Waals surface area contributed by atoms with Crippen LogP contribution in [0.3, 0.4) is 0 Å². The van der Waals surface area contributed by atoms with Gasteiger partial charge >= 0.3 is 11.7 Å². The summed E-state index contributed by atoms with van der Waals surface area (Å²) in [5.41, 5.74) is -0.191. The van der Waals surface area contributed by atoms with Gasteiger partial charge in [0.05, 0.1) is 18.8 Å². The van der Waals surface area contributed by atoms with E-state index < -0.39 is 17.2 Å². The van der Waals surface area contributed by atoms with Crippen molar-refractivity contribution in [2.45, 2.75) is 53.2 Å². The Morgan fingerprint density at radius 2 is 1.88 bits per heavy atom. The molecule has 3 rings (SSSR count). The summed E-state index contributed by atoms with van der Waals surface area (Å²) in [5.74, 6) is 0.819. The molecular weight excluding hydrogens is 428 g/mol. The third kappa shape index (κ3) is 5.27. The van der Waals surface area contributed by atoms with Crippen molar-refractivity contribution in [3.63, 3.8) is 0 Å². The highest BCUT2D eigenvalue weighted by Crippen LogP contribution is 2.29. The molecule has 2 aromatic heterocycles. The van der Waals surface area contributed by atoms with E-state index >= 15 is 0 Å². The summed E-state index contributed by atoms with van der Waals surface area (Å²) >= 11 is 0. The first-order valence-electron chi connectivity index (χ1n) is 11.2. The molecule has 0 aliphatic carbocycles. The Labute approximate surface area is 191 Å². The first-order valence-corrected chi connectivity index (χ1v) is 11.2. The van der Waals surface area contributed by atoms with Gasteiger partial charge < -0.3 is 18.8 Å². The van der Waals surface area contributed by atoms with E-state index in [4.69, 9.17) is 14.2 Å². The molecule has 10 nitrogen and oxygen atoms in total. The average Bonchev–Trinajstić information content (AvgIpc) is 3.13. The van der Waals surface area contributed by atoms with Crippen molar-refractivity contribution in [1.82, 2.24) is 19.1 Å². The number of aromatic nitrogens is 4. The van der Waals surface area contributed by atoms with Gasteiger partial charge in [-0.15, -0.1) is 0 Å². The Balaban J connectivity index is 1.84. The molecule has 0 spiro atoms. The van der Waals surface area contributed by atoms with Crippen molar-refractivity contribution in [1.29, 1.82) is 0 Å². The van der Waals surface area contributed by atoms with Crippen LogP contribution in [0.5, 0.6) is 11.5 Å². The number of carbonyl (C=O) groups excluding carboxylic acids is 1. The van der Waals surface area contributed by atoms with Gasteiger partial charge in [-0.1, -0.05) is 20.3 Å². The topological polar surface area (TPSA) is 117 Å². The molecule has 33 heavy (non-hydrogen) atoms. The number of H-pyrrole nitrogens is 1. The van der Waals surface area contributed by atoms with Crippen LogP contribution in [0, 0.1) is 0 Å². The van der Waals surface area contributed by atoms with Crippen molar-refractivity contribution in [2.24, 2.45) is 7.05 Å². The summed E-state index contributed by atoms with van der Waals surface area (Å²) < 4.78 is 19.7. The van der Waals surface area contributed by atoms with Gasteiger partial charge in [-0.2, -0.15) is 0 Å². The quantitative estimate of drug-likeness (QED) is 0.439. The van der Waals surface area contributed by atoms with E-state index in [1.54, 1.807) is 25.2 Å². The molecule has 1 N–H and O–H groups in total. The Morgan fingerprint density at radius 3 is 2.58 bits per heavy atom. The van der Waals surface area contributed by atoms with Gasteiger partial charge in [0.15, 0.2) is 22.7 Å². The Kier molecular flexibility index (Phi) is 7.92. The summed E-state index contributed by atoms with van der Waals surface area (Å²) in [5, 5.41) is 0. The van der Waals surface area contributed by atoms with Crippen LogP contribution in [-0.4, -0.2) is 38.3 Å². The maximum Gasteiger partial charge on any atom is 0.338 e. The molecule has 1 aromatic carbocycles. The van der Waals surface area contributed by atoms with E-state index in [9.17, 15) is 14.4 Å². The van der Waals surface area contributed by atoms with Crippen LogP contribution in [-0.2, 0) is 24.9 Å². The van der Waals surface area contributed by atoms with Crippen LogP contribution in [0.1, 0.15) is 56.2 Å². The SMILES string of the molecule is CCCCn1c(=O)[nH]c(=O)c2c1nc(COC(=O)c1ccc(OCCC)c(OCC)c1)n2C. The highest BCUT2D eigenvalue weighted by molar-refractivity contribution is 5.90. The third-order valence-electron chi connectivity index (χ3n) is 5.11. The van der Waals surface area contributed by atoms with Gasteiger partial charge in [-0.05, 0) is 38.0 Å². The van der Waals surface area contributed by atoms with Crippen molar-refractivity contribution in [3.8, 4) is 11.5 Å². The van der Waals surface area contributed by atoms with Crippen LogP contribution in [0.15, 0.2) is 27.8 Å². The van der Waals surface area contributed by atoms with Gasteiger partial charge in [0.25, 0.3) is 5.56 Å². The molecule has 0 fully saturated rings. The number of ether oxygens (including phenoxy) is 3. The largest absolute Gasteiger partial charge is 0.490 e. The predicted molar refractivity (Wildman–Crippen MR) is 123 cm³/mol. The molecule has 0 saturated heterocycles. The van der Waals surface area contributed by atoms with E-state index in [0.717, 1.165) is 19.3 Å². The zero-order valence-corrected chi connectivity index (χ0v) is 19.5. The molecule has 0 aliphatic rings. The van der Waals surface area contributed by atoms with Crippen LogP contribution >= 0.6 is 0 Å². The van der Waals surface area contributed by atoms with Gasteiger partial charge in [0.1, 0.15) is 12.4 Å². The second-order valence-corrected chi connectivity index (χ2v) is 7.54. The lowest BCUT2D eigenvalue weighted by molar-refractivity contribution is 0.0459. The third-order valence-corrected chi connectivity index (χ3v) is 5.11. The zero-order chi connectivity index (χ0) is 24.0. The van der Waals surface area contributed by atoms with Crippen molar-refractivity contribution >= 4 is 17.1 Å². The standard InChI is InChI=1S/C23H30N4O6/c1-5-8-11-27-20-19(21(28)25-23(27)30)26(4)18(24-20)14-33-22(29)15-9-10-16(32-12-6-2)17(13-15)31-7-3/h9-10,13H,5-8,11-12,14H2,1-4H3,(H,25,28,30). The highest BCUT2D eigenvalue weighted by atomic mass is 16.5. The molecule has 0 amide bonds. The van der Waals surface area contributed by atoms with Crippen molar-refractivity contribution in [2.75, 3.05) is 13.2 Å². The summed E-state index contributed by atoms with van der Waals surface area (Å²) in [4.78, 5) is 44.1. The summed E-state index contributed by atoms with van der Waals surface area (Å²) in [6, 6.07) is 4.87. The minimum Gasteiger partial charge on any atom is -0.490 e. The van der Waals surface area contributed by atoms with E-state index in [1.165, 1.54) is 9.13 Å². The van der Waals surface area contributed by atoms with Crippen LogP contribution in [0.4, 0.5) is 0 Å². The zero-order valence-electron chi connectivity index (χ0n) is 19.5. The number of imidazole rings is 1. The fourth-order valence-corrected chi connectivity index (χ4v) is 3.39. The van der Waals surface area contributed by atoms with Crippen LogP contribution in [0.25, 0.3) is 11.2 Å². The normalized spacial score (nSPS) is 11.0. The summed E-state index contributed by atoms with van der Waals surface area (Å²) in [6.07, 6.45) is 2.50. The van der Waals surface area contributed by atoms with Crippen LogP contribution < -0.4 is 20.7 Å². The number of benzene rings is 1. The summed E-state index contributed by atoms with van der Waals surface area (Å²) in [7, 11) is 1.65. The maximum absolute atomic E-state index is 12.7. The molecule has 0 unspecified atom stereocenters. The van der Waals surface area contributed by atoms with Crippen LogP contribution in [0.2, 0.25) is 0 Å². The average molecular weight is 459 g/mol. The monoisotopic (exact) mass is 458 g/mol. The minimum atomic E-state index is -0.567. The number of nitrogens with one attached hydrogen (secondary N) is 1. The molecular formula is C23H30N4O6. The maximum atomic E-state index is 12.7. The number of unbranched alkanes of at least 4 members (excludes halogenated alkanes) is 1. The highest BCUT2D eigenvalue weighted by Gasteiger charge is 2.18. The molecule has 0 bridgehead atoms. The fourth-order valence-electron chi connectivity index (χ4n) is 3.39. The molecule has 0 radical (unpaired) electrons. The molecule has 0 saturated carbocycles. The second kappa shape index (κ2) is 10.8. The lowest BCUT2D eigenvalue weighted by Gasteiger charge is -2.12. The lowest BCUT2D eigenvalue weighted by atomic mass is 10.2. The number of aryl methyl sites for hydroxylation is 2. The van der Waals surface area contributed by atoms with Gasteiger partial charge in [-0.25, -0.2) is 14.6 Å². The van der Waals surface area contributed by atoms with E-state index in [2.05, 4.69) is 9.97 Å². The van der Waals surface area contributed by atoms with E-state index in [0.29, 0.717) is 42.6 Å². The Bertz CT molecular complexity index is 1240. The lowest BCUT2D eigenvalue weighted by Crippen LogP contribution is -2.31. The van der Waals surface area contributed by atoms with Gasteiger partial charge in [-0.3, -0.25) is 14.3 Å². The number of aromatic amines is 1. The first-order chi connectivity index (χ1) is 15.9. The second-order valence-electron chi connectivity index (χ2n) is 7.54. The van der Waals surface area contributed by atoms with E-state index in [1.807, 2.05) is 20.8 Å². The first kappa shape index (κ1) is 24.1. The van der Waals surface area contributed by atoms with Gasteiger partial charge in [0.2, 0.25) is 0 Å². The number of esters is 1. The number of rotatable bonds is 11. The Morgan fingerprint density at radius 1 is 1.09 bits per heavy atom. The van der Waals surface area contributed by atoms with E-state index in [-0.39, 0.29) is 17.8 Å². The molecule has 0 aliphatic heterocycles. The molecule has 0 atom stereocenters. The van der Waals surface area contributed by atoms with Crippen molar-refractivity contribution in [3.05, 3.63) is 50.4 Å². The Hall–Kier alpha value is -3.56. The van der Waals surface area contributed by atoms with Crippen molar-refractivity contribution < 1.29 is 19.0 Å². The summed E-state index contributed by atoms with van der Waals surface area (Å²) in [6.45, 7) is 7.10. The number of hydrogen-bond acceptors (Lipinski definition) is 7. The fraction of sp³-hybridized carbons (Fsp3) is 0.478. The molecule has 2 heterocycles. The number of fused-ring (bicyclic) bond motifs is 1. The molecule has 10 heteroatoms. The molecule has 178 valence electrons. The minimum absolute atomic E-state index is 0.163. The number of carbonyl (C=O) groups is 1. The number of hydrogen-bond donors (Lipinski definition) is 1.